The zero-order chi connectivity index (χ0) is 14.7. The second kappa shape index (κ2) is 6.87. The summed E-state index contributed by atoms with van der Waals surface area (Å²) in [6.07, 6.45) is 2.85. The van der Waals surface area contributed by atoms with Crippen LogP contribution in [-0.4, -0.2) is 41.9 Å². The minimum absolute atomic E-state index is 0.0420. The molecule has 1 aliphatic heterocycles. The number of hydrogen-bond donors (Lipinski definition) is 2. The fourth-order valence-electron chi connectivity index (χ4n) is 2.94. The Bertz CT molecular complexity index is 453. The van der Waals surface area contributed by atoms with E-state index in [1.165, 1.54) is 4.88 Å². The number of aliphatic hydroxyl groups is 1. The molecule has 0 aromatic carbocycles. The van der Waals surface area contributed by atoms with Crippen LogP contribution in [0.4, 0.5) is 0 Å². The lowest BCUT2D eigenvalue weighted by molar-refractivity contribution is -0.131. The van der Waals surface area contributed by atoms with Gasteiger partial charge in [0, 0.05) is 24.4 Å². The van der Waals surface area contributed by atoms with Crippen molar-refractivity contribution in [3.63, 3.8) is 0 Å². The van der Waals surface area contributed by atoms with Crippen LogP contribution < -0.4 is 5.32 Å². The van der Waals surface area contributed by atoms with Gasteiger partial charge in [0.05, 0.1) is 18.8 Å². The number of amides is 1. The molecule has 2 aliphatic rings. The molecule has 2 heterocycles. The summed E-state index contributed by atoms with van der Waals surface area (Å²) in [7, 11) is 0. The predicted molar refractivity (Wildman–Crippen MR) is 80.7 cm³/mol. The lowest BCUT2D eigenvalue weighted by atomic mass is 9.76. The molecule has 116 valence electrons. The lowest BCUT2D eigenvalue weighted by Gasteiger charge is -2.37. The molecule has 1 amide bonds. The van der Waals surface area contributed by atoms with Crippen molar-refractivity contribution in [2.75, 3.05) is 19.7 Å². The van der Waals surface area contributed by atoms with E-state index in [2.05, 4.69) is 11.4 Å². The summed E-state index contributed by atoms with van der Waals surface area (Å²) in [6.45, 7) is 2.33. The maximum atomic E-state index is 12.2. The predicted octanol–water partition coefficient (Wildman–Crippen LogP) is 1.70. The van der Waals surface area contributed by atoms with Gasteiger partial charge in [-0.3, -0.25) is 9.63 Å². The van der Waals surface area contributed by atoms with E-state index in [9.17, 15) is 9.90 Å². The van der Waals surface area contributed by atoms with Crippen LogP contribution in [0, 0.1) is 5.92 Å². The minimum Gasteiger partial charge on any atom is -0.393 e. The highest BCUT2D eigenvalue weighted by Crippen LogP contribution is 2.39. The summed E-state index contributed by atoms with van der Waals surface area (Å²) in [5, 5.41) is 16.6. The normalized spacial score (nSPS) is 27.3. The largest absolute Gasteiger partial charge is 0.393 e. The molecule has 5 nitrogen and oxygen atoms in total. The van der Waals surface area contributed by atoms with Crippen molar-refractivity contribution in [2.45, 2.75) is 37.8 Å². The number of rotatable bonds is 6. The monoisotopic (exact) mass is 310 g/mol. The van der Waals surface area contributed by atoms with Crippen LogP contribution in [0.3, 0.4) is 0 Å². The summed E-state index contributed by atoms with van der Waals surface area (Å²) < 4.78 is 0. The zero-order valence-electron chi connectivity index (χ0n) is 12.0. The average Bonchev–Trinajstić information content (AvgIpc) is 3.11. The average molecular weight is 310 g/mol. The Morgan fingerprint density at radius 2 is 2.43 bits per heavy atom. The molecular formula is C15H22N2O3S. The van der Waals surface area contributed by atoms with Crippen LogP contribution in [0.5, 0.6) is 0 Å². The summed E-state index contributed by atoms with van der Waals surface area (Å²) in [5.41, 5.74) is 0. The van der Waals surface area contributed by atoms with E-state index in [1.54, 1.807) is 11.3 Å². The maximum Gasteiger partial charge on any atom is 0.221 e. The molecular weight excluding hydrogens is 288 g/mol. The summed E-state index contributed by atoms with van der Waals surface area (Å²) in [4.78, 5) is 18.8. The lowest BCUT2D eigenvalue weighted by Crippen LogP contribution is -2.41. The molecule has 0 unspecified atom stereocenters. The molecule has 1 saturated heterocycles. The molecule has 21 heavy (non-hydrogen) atoms. The second-order valence-electron chi connectivity index (χ2n) is 5.81. The highest BCUT2D eigenvalue weighted by molar-refractivity contribution is 7.10. The number of nitrogens with one attached hydrogen (secondary N) is 1. The van der Waals surface area contributed by atoms with Crippen molar-refractivity contribution in [2.24, 2.45) is 5.92 Å². The van der Waals surface area contributed by atoms with E-state index < -0.39 is 0 Å². The van der Waals surface area contributed by atoms with Crippen LogP contribution in [-0.2, 0) is 9.63 Å². The maximum absolute atomic E-state index is 12.2. The number of carbonyl (C=O) groups is 1. The second-order valence-corrected chi connectivity index (χ2v) is 6.79. The highest BCUT2D eigenvalue weighted by Gasteiger charge is 2.36. The molecule has 2 fully saturated rings. The number of hydroxylamine groups is 2. The summed E-state index contributed by atoms with van der Waals surface area (Å²) in [5.74, 6) is 0.413. The third-order valence-corrected chi connectivity index (χ3v) is 5.16. The number of hydrogen-bond acceptors (Lipinski definition) is 5. The Balaban J connectivity index is 1.52. The third-order valence-electron chi connectivity index (χ3n) is 4.20. The quantitative estimate of drug-likeness (QED) is 0.839. The summed E-state index contributed by atoms with van der Waals surface area (Å²) in [6, 6.07) is 4.11. The Morgan fingerprint density at radius 1 is 1.57 bits per heavy atom. The van der Waals surface area contributed by atoms with Crippen molar-refractivity contribution < 1.29 is 14.7 Å². The molecule has 0 bridgehead atoms. The molecule has 6 heteroatoms. The first-order chi connectivity index (χ1) is 10.2. The van der Waals surface area contributed by atoms with E-state index >= 15 is 0 Å². The van der Waals surface area contributed by atoms with Gasteiger partial charge < -0.3 is 10.4 Å². The van der Waals surface area contributed by atoms with Crippen LogP contribution in [0.25, 0.3) is 0 Å². The molecule has 1 saturated carbocycles. The van der Waals surface area contributed by atoms with E-state index in [0.717, 1.165) is 32.4 Å². The van der Waals surface area contributed by atoms with E-state index in [0.29, 0.717) is 18.9 Å². The van der Waals surface area contributed by atoms with Gasteiger partial charge in [-0.1, -0.05) is 6.07 Å². The third kappa shape index (κ3) is 3.83. The number of carbonyl (C=O) groups excluding carboxylic acids is 1. The van der Waals surface area contributed by atoms with Crippen molar-refractivity contribution in [1.29, 1.82) is 0 Å². The van der Waals surface area contributed by atoms with Gasteiger partial charge in [-0.05, 0) is 36.6 Å². The first kappa shape index (κ1) is 15.0. The van der Waals surface area contributed by atoms with Crippen LogP contribution in [0.1, 0.15) is 36.6 Å². The van der Waals surface area contributed by atoms with Crippen LogP contribution in [0.2, 0.25) is 0 Å². The van der Waals surface area contributed by atoms with Crippen LogP contribution >= 0.6 is 11.3 Å². The van der Waals surface area contributed by atoms with E-state index in [4.69, 9.17) is 4.84 Å². The molecule has 1 atom stereocenters. The van der Waals surface area contributed by atoms with Gasteiger partial charge in [0.2, 0.25) is 5.91 Å². The van der Waals surface area contributed by atoms with Crippen molar-refractivity contribution in [1.82, 2.24) is 10.4 Å². The van der Waals surface area contributed by atoms with Crippen molar-refractivity contribution >= 4 is 17.2 Å². The van der Waals surface area contributed by atoms with Crippen LogP contribution in [0.15, 0.2) is 17.5 Å². The SMILES string of the molecule is O=C(CCN1CCCO1)N[C@H](c1cccs1)C1CC(O)C1. The van der Waals surface area contributed by atoms with Crippen molar-refractivity contribution in [3.05, 3.63) is 22.4 Å². The van der Waals surface area contributed by atoms with Gasteiger partial charge in [0.15, 0.2) is 0 Å². The first-order valence-corrected chi connectivity index (χ1v) is 8.49. The zero-order valence-corrected chi connectivity index (χ0v) is 12.8. The standard InChI is InChI=1S/C15H22N2O3S/c18-12-9-11(10-12)15(13-3-1-8-21-13)16-14(19)4-6-17-5-2-7-20-17/h1,3,8,11-12,15,18H,2,4-7,9-10H2,(H,16,19)/t11?,12?,15-/m0/s1. The molecule has 2 N–H and O–H groups in total. The Morgan fingerprint density at radius 3 is 3.05 bits per heavy atom. The van der Waals surface area contributed by atoms with Gasteiger partial charge in [-0.15, -0.1) is 11.3 Å². The molecule has 0 radical (unpaired) electrons. The van der Waals surface area contributed by atoms with Gasteiger partial charge in [0.1, 0.15) is 0 Å². The molecule has 0 spiro atoms. The van der Waals surface area contributed by atoms with Gasteiger partial charge >= 0.3 is 0 Å². The molecule has 3 rings (SSSR count). The summed E-state index contributed by atoms with van der Waals surface area (Å²) >= 11 is 1.66. The topological polar surface area (TPSA) is 61.8 Å². The smallest absolute Gasteiger partial charge is 0.221 e. The molecule has 1 aliphatic carbocycles. The van der Waals surface area contributed by atoms with Crippen molar-refractivity contribution in [3.8, 4) is 0 Å². The number of nitrogens with zero attached hydrogens (tertiary/aromatic N) is 1. The fraction of sp³-hybridized carbons (Fsp3) is 0.667. The van der Waals surface area contributed by atoms with Gasteiger partial charge in [0.25, 0.3) is 0 Å². The van der Waals surface area contributed by atoms with E-state index in [1.807, 2.05) is 16.5 Å². The number of aliphatic hydroxyl groups excluding tert-OH is 1. The Labute approximate surface area is 128 Å². The van der Waals surface area contributed by atoms with Gasteiger partial charge in [-0.25, -0.2) is 0 Å². The molecule has 1 aromatic rings. The molecule has 1 aromatic heterocycles. The fourth-order valence-corrected chi connectivity index (χ4v) is 3.81. The number of thiophene rings is 1. The Hall–Kier alpha value is -0.950. The first-order valence-electron chi connectivity index (χ1n) is 7.61. The Kier molecular flexibility index (Phi) is 4.90. The highest BCUT2D eigenvalue weighted by atomic mass is 32.1. The van der Waals surface area contributed by atoms with Gasteiger partial charge in [-0.2, -0.15) is 5.06 Å². The minimum atomic E-state index is -0.202. The van der Waals surface area contributed by atoms with E-state index in [-0.39, 0.29) is 18.1 Å².